The predicted molar refractivity (Wildman–Crippen MR) is 143 cm³/mol. The van der Waals surface area contributed by atoms with Gasteiger partial charge in [-0.1, -0.05) is 26.1 Å². The van der Waals surface area contributed by atoms with E-state index < -0.39 is 8.07 Å². The molecule has 2 fully saturated rings. The standard InChI is InChI=1S/C27H38FN5OSi/c1-35(2,3)17-16-34-20-33-18-21(25-22(28)8-6-12-29-25)24-23(9-14-30-26(24)33)32-15-7-11-27(19-32)10-4-5-13-31-27/h6,8-9,12,14,18,31H,4-5,7,10-11,13,15-17,19-20H2,1-3H3. The minimum atomic E-state index is -1.18. The van der Waals surface area contributed by atoms with Crippen molar-refractivity contribution in [3.05, 3.63) is 42.6 Å². The molecular formula is C27H38FN5OSi. The van der Waals surface area contributed by atoms with Gasteiger partial charge in [0.25, 0.3) is 0 Å². The van der Waals surface area contributed by atoms with Crippen LogP contribution in [0.15, 0.2) is 36.8 Å². The maximum Gasteiger partial charge on any atom is 0.149 e. The average Bonchev–Trinajstić information content (AvgIpc) is 3.21. The van der Waals surface area contributed by atoms with E-state index in [2.05, 4.69) is 40.9 Å². The number of nitrogens with zero attached hydrogens (tertiary/aromatic N) is 4. The lowest BCUT2D eigenvalue weighted by atomic mass is 9.81. The highest BCUT2D eigenvalue weighted by Crippen LogP contribution is 2.39. The number of aromatic nitrogens is 3. The molecule has 2 saturated heterocycles. The van der Waals surface area contributed by atoms with Gasteiger partial charge in [0.1, 0.15) is 23.9 Å². The first-order valence-electron chi connectivity index (χ1n) is 13.0. The van der Waals surface area contributed by atoms with Crippen LogP contribution in [0.4, 0.5) is 10.1 Å². The van der Waals surface area contributed by atoms with Crippen LogP contribution >= 0.6 is 0 Å². The number of fused-ring (bicyclic) bond motifs is 1. The molecule has 188 valence electrons. The number of hydrogen-bond acceptors (Lipinski definition) is 5. The van der Waals surface area contributed by atoms with Crippen molar-refractivity contribution in [1.82, 2.24) is 19.9 Å². The van der Waals surface area contributed by atoms with E-state index in [0.717, 1.165) is 61.0 Å². The zero-order valence-corrected chi connectivity index (χ0v) is 22.3. The van der Waals surface area contributed by atoms with Crippen LogP contribution in [0.5, 0.6) is 0 Å². The Hall–Kier alpha value is -2.29. The number of piperidine rings is 2. The number of ether oxygens (including phenoxy) is 1. The molecule has 0 aromatic carbocycles. The van der Waals surface area contributed by atoms with Crippen LogP contribution in [-0.4, -0.2) is 54.4 Å². The summed E-state index contributed by atoms with van der Waals surface area (Å²) < 4.78 is 23.1. The van der Waals surface area contributed by atoms with E-state index in [1.165, 1.54) is 31.7 Å². The Morgan fingerprint density at radius 1 is 1.11 bits per heavy atom. The van der Waals surface area contributed by atoms with Crippen molar-refractivity contribution in [3.8, 4) is 11.3 Å². The minimum Gasteiger partial charge on any atom is -0.369 e. The van der Waals surface area contributed by atoms with E-state index >= 15 is 0 Å². The highest BCUT2D eigenvalue weighted by molar-refractivity contribution is 6.76. The average molecular weight is 496 g/mol. The first kappa shape index (κ1) is 24.4. The van der Waals surface area contributed by atoms with Crippen molar-refractivity contribution in [3.63, 3.8) is 0 Å². The zero-order chi connectivity index (χ0) is 24.5. The third-order valence-electron chi connectivity index (χ3n) is 7.48. The second-order valence-electron chi connectivity index (χ2n) is 11.4. The third-order valence-corrected chi connectivity index (χ3v) is 9.18. The molecule has 1 unspecified atom stereocenters. The van der Waals surface area contributed by atoms with E-state index in [1.807, 2.05) is 17.0 Å². The Morgan fingerprint density at radius 3 is 2.74 bits per heavy atom. The Morgan fingerprint density at radius 2 is 1.97 bits per heavy atom. The molecule has 1 atom stereocenters. The number of hydrogen-bond donors (Lipinski definition) is 1. The third kappa shape index (κ3) is 5.29. The molecule has 0 saturated carbocycles. The summed E-state index contributed by atoms with van der Waals surface area (Å²) in [6.45, 7) is 11.2. The highest BCUT2D eigenvalue weighted by atomic mass is 28.3. The van der Waals surface area contributed by atoms with Crippen molar-refractivity contribution in [2.24, 2.45) is 0 Å². The fourth-order valence-corrected chi connectivity index (χ4v) is 6.34. The van der Waals surface area contributed by atoms with Gasteiger partial charge in [-0.15, -0.1) is 0 Å². The van der Waals surface area contributed by atoms with Gasteiger partial charge in [-0.05, 0) is 56.5 Å². The number of anilines is 1. The lowest BCUT2D eigenvalue weighted by molar-refractivity contribution is 0.0899. The van der Waals surface area contributed by atoms with Gasteiger partial charge in [0, 0.05) is 57.5 Å². The van der Waals surface area contributed by atoms with Crippen molar-refractivity contribution in [2.45, 2.75) is 70.1 Å². The van der Waals surface area contributed by atoms with Crippen LogP contribution in [0.3, 0.4) is 0 Å². The van der Waals surface area contributed by atoms with E-state index in [1.54, 1.807) is 12.3 Å². The molecule has 8 heteroatoms. The molecule has 5 heterocycles. The summed E-state index contributed by atoms with van der Waals surface area (Å²) in [4.78, 5) is 11.6. The Balaban J connectivity index is 1.53. The van der Waals surface area contributed by atoms with E-state index in [0.29, 0.717) is 12.4 Å². The van der Waals surface area contributed by atoms with E-state index in [-0.39, 0.29) is 11.4 Å². The van der Waals surface area contributed by atoms with E-state index in [4.69, 9.17) is 9.72 Å². The SMILES string of the molecule is C[Si](C)(C)CCOCn1cc(-c2ncccc2F)c2c(N3CCCC4(CCCCN4)C3)ccnc21. The van der Waals surface area contributed by atoms with Gasteiger partial charge in [0.15, 0.2) is 0 Å². The first-order valence-corrected chi connectivity index (χ1v) is 16.7. The molecular weight excluding hydrogens is 457 g/mol. The molecule has 5 rings (SSSR count). The summed E-state index contributed by atoms with van der Waals surface area (Å²) in [7, 11) is -1.18. The lowest BCUT2D eigenvalue weighted by Crippen LogP contribution is -2.59. The van der Waals surface area contributed by atoms with Gasteiger partial charge >= 0.3 is 0 Å². The molecule has 3 aromatic rings. The maximum atomic E-state index is 15.0. The molecule has 6 nitrogen and oxygen atoms in total. The van der Waals surface area contributed by atoms with Crippen LogP contribution < -0.4 is 10.2 Å². The van der Waals surface area contributed by atoms with Gasteiger partial charge < -0.3 is 19.5 Å². The van der Waals surface area contributed by atoms with Gasteiger partial charge in [-0.2, -0.15) is 0 Å². The van der Waals surface area contributed by atoms with Crippen molar-refractivity contribution in [1.29, 1.82) is 0 Å². The summed E-state index contributed by atoms with van der Waals surface area (Å²) in [6, 6.07) is 6.31. The normalized spacial score (nSPS) is 21.2. The van der Waals surface area contributed by atoms with Crippen molar-refractivity contribution < 1.29 is 9.13 Å². The second-order valence-corrected chi connectivity index (χ2v) is 17.0. The van der Waals surface area contributed by atoms with Crippen LogP contribution in [0.25, 0.3) is 22.3 Å². The molecule has 2 aliphatic heterocycles. The number of nitrogens with one attached hydrogen (secondary N) is 1. The molecule has 3 aromatic heterocycles. The van der Waals surface area contributed by atoms with Crippen LogP contribution in [-0.2, 0) is 11.5 Å². The monoisotopic (exact) mass is 495 g/mol. The topological polar surface area (TPSA) is 55.2 Å². The maximum absolute atomic E-state index is 15.0. The van der Waals surface area contributed by atoms with Gasteiger partial charge in [0.05, 0.1) is 11.1 Å². The van der Waals surface area contributed by atoms with Crippen molar-refractivity contribution >= 4 is 24.8 Å². The Labute approximate surface area is 208 Å². The van der Waals surface area contributed by atoms with Crippen LogP contribution in [0.1, 0.15) is 32.1 Å². The molecule has 0 radical (unpaired) electrons. The predicted octanol–water partition coefficient (Wildman–Crippen LogP) is 5.66. The summed E-state index contributed by atoms with van der Waals surface area (Å²) >= 11 is 0. The first-order chi connectivity index (χ1) is 16.9. The molecule has 0 bridgehead atoms. The quantitative estimate of drug-likeness (QED) is 0.338. The largest absolute Gasteiger partial charge is 0.369 e. The zero-order valence-electron chi connectivity index (χ0n) is 21.3. The van der Waals surface area contributed by atoms with Gasteiger partial charge in [0.2, 0.25) is 0 Å². The fraction of sp³-hybridized carbons (Fsp3) is 0.556. The number of pyridine rings is 2. The molecule has 2 aliphatic rings. The number of rotatable bonds is 7. The van der Waals surface area contributed by atoms with Crippen molar-refractivity contribution in [2.75, 3.05) is 31.1 Å². The van der Waals surface area contributed by atoms with Gasteiger partial charge in [-0.3, -0.25) is 4.98 Å². The summed E-state index contributed by atoms with van der Waals surface area (Å²) in [5.41, 5.74) is 3.26. The Kier molecular flexibility index (Phi) is 6.97. The fourth-order valence-electron chi connectivity index (χ4n) is 5.58. The summed E-state index contributed by atoms with van der Waals surface area (Å²) in [5.74, 6) is -0.315. The Bertz CT molecular complexity index is 1160. The molecule has 1 N–H and O–H groups in total. The summed E-state index contributed by atoms with van der Waals surface area (Å²) in [5, 5.41) is 4.80. The minimum absolute atomic E-state index is 0.172. The highest BCUT2D eigenvalue weighted by Gasteiger charge is 2.37. The van der Waals surface area contributed by atoms with Gasteiger partial charge in [-0.25, -0.2) is 9.37 Å². The van der Waals surface area contributed by atoms with Crippen LogP contribution in [0, 0.1) is 5.82 Å². The second kappa shape index (κ2) is 9.99. The lowest BCUT2D eigenvalue weighted by Gasteiger charge is -2.47. The van der Waals surface area contributed by atoms with Crippen LogP contribution in [0.2, 0.25) is 25.7 Å². The summed E-state index contributed by atoms with van der Waals surface area (Å²) in [6.07, 6.45) is 11.6. The molecule has 0 aliphatic carbocycles. The van der Waals surface area contributed by atoms with E-state index in [9.17, 15) is 4.39 Å². The molecule has 0 amide bonds. The smallest absolute Gasteiger partial charge is 0.149 e. The number of halogens is 1. The molecule has 1 spiro atoms. The molecule has 35 heavy (non-hydrogen) atoms.